The number of hydrogen-bond acceptors (Lipinski definition) is 7. The summed E-state index contributed by atoms with van der Waals surface area (Å²) in [6.45, 7) is 0. The van der Waals surface area contributed by atoms with Crippen LogP contribution in [0.15, 0.2) is 61.8 Å². The maximum absolute atomic E-state index is 4.50. The molecular weight excluding hydrogens is 302 g/mol. The number of hydrogen-bond donors (Lipinski definition) is 0. The number of aromatic nitrogens is 7. The third-order valence-corrected chi connectivity index (χ3v) is 3.30. The van der Waals surface area contributed by atoms with Gasteiger partial charge in [0.25, 0.3) is 0 Å². The highest BCUT2D eigenvalue weighted by Gasteiger charge is 2.08. The SMILES string of the molecule is [c]1ncc(-c2cnc(-c3cccnc3)cn2)nc1-c1cncnc1. The van der Waals surface area contributed by atoms with Crippen LogP contribution >= 0.6 is 0 Å². The number of nitrogens with zero attached hydrogens (tertiary/aromatic N) is 7. The summed E-state index contributed by atoms with van der Waals surface area (Å²) in [7, 11) is 0. The van der Waals surface area contributed by atoms with Crippen molar-refractivity contribution in [3.8, 4) is 33.9 Å². The van der Waals surface area contributed by atoms with Crippen LogP contribution in [-0.2, 0) is 0 Å². The maximum atomic E-state index is 4.50. The van der Waals surface area contributed by atoms with Gasteiger partial charge in [-0.05, 0) is 12.1 Å². The van der Waals surface area contributed by atoms with Crippen LogP contribution in [0, 0.1) is 6.20 Å². The van der Waals surface area contributed by atoms with Crippen LogP contribution in [0.25, 0.3) is 33.9 Å². The van der Waals surface area contributed by atoms with E-state index in [1.165, 1.54) is 6.33 Å². The Kier molecular flexibility index (Phi) is 3.65. The molecule has 4 rings (SSSR count). The van der Waals surface area contributed by atoms with E-state index in [9.17, 15) is 0 Å². The van der Waals surface area contributed by atoms with Crippen molar-refractivity contribution in [1.82, 2.24) is 34.9 Å². The molecule has 0 bridgehead atoms. The van der Waals surface area contributed by atoms with E-state index < -0.39 is 0 Å². The van der Waals surface area contributed by atoms with E-state index in [0.29, 0.717) is 17.1 Å². The molecule has 4 aromatic heterocycles. The van der Waals surface area contributed by atoms with Gasteiger partial charge in [-0.15, -0.1) is 0 Å². The van der Waals surface area contributed by atoms with Crippen molar-refractivity contribution in [2.24, 2.45) is 0 Å². The molecule has 0 saturated carbocycles. The van der Waals surface area contributed by atoms with Crippen LogP contribution in [0.3, 0.4) is 0 Å². The van der Waals surface area contributed by atoms with Gasteiger partial charge in [-0.25, -0.2) is 19.9 Å². The first-order valence-electron chi connectivity index (χ1n) is 7.13. The summed E-state index contributed by atoms with van der Waals surface area (Å²) in [5.41, 5.74) is 4.20. The van der Waals surface area contributed by atoms with E-state index in [0.717, 1.165) is 16.8 Å². The second kappa shape index (κ2) is 6.25. The lowest BCUT2D eigenvalue weighted by molar-refractivity contribution is 1.12. The van der Waals surface area contributed by atoms with Crippen LogP contribution in [0.5, 0.6) is 0 Å². The summed E-state index contributed by atoms with van der Waals surface area (Å²) < 4.78 is 0. The van der Waals surface area contributed by atoms with Crippen molar-refractivity contribution >= 4 is 0 Å². The average molecular weight is 312 g/mol. The lowest BCUT2D eigenvalue weighted by Crippen LogP contribution is -1.95. The molecular formula is C17H10N7. The maximum Gasteiger partial charge on any atom is 0.117 e. The normalized spacial score (nSPS) is 10.5. The van der Waals surface area contributed by atoms with Gasteiger partial charge in [-0.2, -0.15) is 0 Å². The fourth-order valence-electron chi connectivity index (χ4n) is 2.13. The van der Waals surface area contributed by atoms with Gasteiger partial charge in [0.2, 0.25) is 0 Å². The largest absolute Gasteiger partial charge is 0.264 e. The molecule has 24 heavy (non-hydrogen) atoms. The molecule has 1 radical (unpaired) electrons. The Morgan fingerprint density at radius 1 is 0.708 bits per heavy atom. The molecule has 0 aliphatic rings. The van der Waals surface area contributed by atoms with E-state index >= 15 is 0 Å². The molecule has 7 heteroatoms. The summed E-state index contributed by atoms with van der Waals surface area (Å²) in [5.74, 6) is 0. The quantitative estimate of drug-likeness (QED) is 0.573. The molecule has 0 unspecified atom stereocenters. The number of pyridine rings is 1. The standard InChI is InChI=1S/C17H10N7/c1-2-12(4-18-3-1)14-9-23-16(10-22-14)17-8-19-7-15(24-17)13-5-20-11-21-6-13/h1-6,8-11H. The Morgan fingerprint density at radius 2 is 1.50 bits per heavy atom. The van der Waals surface area contributed by atoms with Crippen molar-refractivity contribution in [1.29, 1.82) is 0 Å². The third kappa shape index (κ3) is 2.82. The zero-order valence-corrected chi connectivity index (χ0v) is 12.4. The minimum absolute atomic E-state index is 0.561. The van der Waals surface area contributed by atoms with Crippen LogP contribution in [-0.4, -0.2) is 34.9 Å². The molecule has 0 amide bonds. The molecule has 113 valence electrons. The zero-order valence-electron chi connectivity index (χ0n) is 12.4. The van der Waals surface area contributed by atoms with Crippen LogP contribution < -0.4 is 0 Å². The van der Waals surface area contributed by atoms with Crippen LogP contribution in [0.1, 0.15) is 0 Å². The highest BCUT2D eigenvalue weighted by molar-refractivity contribution is 5.62. The first kappa shape index (κ1) is 14.0. The summed E-state index contributed by atoms with van der Waals surface area (Å²) in [6, 6.07) is 3.79. The van der Waals surface area contributed by atoms with Crippen molar-refractivity contribution in [2.75, 3.05) is 0 Å². The lowest BCUT2D eigenvalue weighted by atomic mass is 10.2. The van der Waals surface area contributed by atoms with E-state index in [2.05, 4.69) is 41.1 Å². The monoisotopic (exact) mass is 312 g/mol. The lowest BCUT2D eigenvalue weighted by Gasteiger charge is -2.04. The Balaban J connectivity index is 1.67. The predicted octanol–water partition coefficient (Wildman–Crippen LogP) is 2.25. The summed E-state index contributed by atoms with van der Waals surface area (Å²) in [6.07, 6.45) is 16.0. The highest BCUT2D eigenvalue weighted by Crippen LogP contribution is 2.20. The second-order valence-electron chi connectivity index (χ2n) is 4.87. The number of rotatable bonds is 3. The minimum Gasteiger partial charge on any atom is -0.264 e. The van der Waals surface area contributed by atoms with Gasteiger partial charge in [0.15, 0.2) is 0 Å². The minimum atomic E-state index is 0.561. The summed E-state index contributed by atoms with van der Waals surface area (Å²) >= 11 is 0. The Bertz CT molecular complexity index is 941. The van der Waals surface area contributed by atoms with Gasteiger partial charge >= 0.3 is 0 Å². The van der Waals surface area contributed by atoms with Gasteiger partial charge in [-0.3, -0.25) is 15.0 Å². The third-order valence-electron chi connectivity index (χ3n) is 3.30. The predicted molar refractivity (Wildman–Crippen MR) is 86.2 cm³/mol. The van der Waals surface area contributed by atoms with Gasteiger partial charge in [-0.1, -0.05) is 0 Å². The Hall–Kier alpha value is -3.61. The second-order valence-corrected chi connectivity index (χ2v) is 4.87. The average Bonchev–Trinajstić information content (AvgIpc) is 2.70. The zero-order chi connectivity index (χ0) is 16.2. The highest BCUT2D eigenvalue weighted by atomic mass is 14.9. The Labute approximate surface area is 137 Å². The van der Waals surface area contributed by atoms with E-state index in [-0.39, 0.29) is 0 Å². The van der Waals surface area contributed by atoms with E-state index in [1.54, 1.807) is 43.4 Å². The van der Waals surface area contributed by atoms with Gasteiger partial charge in [0, 0.05) is 35.9 Å². The van der Waals surface area contributed by atoms with E-state index in [4.69, 9.17) is 0 Å². The van der Waals surface area contributed by atoms with Gasteiger partial charge in [0.05, 0.1) is 24.3 Å². The molecule has 0 fully saturated rings. The van der Waals surface area contributed by atoms with Crippen LogP contribution in [0.2, 0.25) is 0 Å². The fourth-order valence-corrected chi connectivity index (χ4v) is 2.13. The molecule has 0 saturated heterocycles. The van der Waals surface area contributed by atoms with Crippen molar-refractivity contribution < 1.29 is 0 Å². The molecule has 7 nitrogen and oxygen atoms in total. The molecule has 0 aliphatic carbocycles. The molecule has 0 atom stereocenters. The first-order chi connectivity index (χ1) is 11.9. The smallest absolute Gasteiger partial charge is 0.117 e. The van der Waals surface area contributed by atoms with Crippen LogP contribution in [0.4, 0.5) is 0 Å². The topological polar surface area (TPSA) is 90.2 Å². The molecule has 0 spiro atoms. The van der Waals surface area contributed by atoms with Crippen molar-refractivity contribution in [3.05, 3.63) is 68.0 Å². The van der Waals surface area contributed by atoms with Crippen molar-refractivity contribution in [2.45, 2.75) is 0 Å². The molecule has 0 aromatic carbocycles. The summed E-state index contributed by atoms with van der Waals surface area (Å²) in [5, 5.41) is 0. The van der Waals surface area contributed by atoms with Crippen molar-refractivity contribution in [3.63, 3.8) is 0 Å². The molecule has 4 heterocycles. The summed E-state index contributed by atoms with van der Waals surface area (Å²) in [4.78, 5) is 29.5. The van der Waals surface area contributed by atoms with Gasteiger partial charge in [0.1, 0.15) is 29.6 Å². The molecule has 0 N–H and O–H groups in total. The Morgan fingerprint density at radius 3 is 2.25 bits per heavy atom. The fraction of sp³-hybridized carbons (Fsp3) is 0. The first-order valence-corrected chi connectivity index (χ1v) is 7.13. The van der Waals surface area contributed by atoms with E-state index in [1.807, 2.05) is 12.1 Å². The van der Waals surface area contributed by atoms with Gasteiger partial charge < -0.3 is 0 Å². The molecule has 4 aromatic rings. The molecule has 0 aliphatic heterocycles.